The van der Waals surface area contributed by atoms with Crippen LogP contribution in [0.5, 0.6) is 11.5 Å². The van der Waals surface area contributed by atoms with Gasteiger partial charge in [0, 0.05) is 18.8 Å². The summed E-state index contributed by atoms with van der Waals surface area (Å²) in [7, 11) is 3.70. The van der Waals surface area contributed by atoms with E-state index in [4.69, 9.17) is 15.2 Å². The number of anilines is 1. The van der Waals surface area contributed by atoms with Gasteiger partial charge in [-0.2, -0.15) is 0 Å². The number of hydrogen-bond acceptors (Lipinski definition) is 4. The van der Waals surface area contributed by atoms with Gasteiger partial charge in [-0.3, -0.25) is 4.90 Å². The van der Waals surface area contributed by atoms with Gasteiger partial charge in [0.05, 0.1) is 7.11 Å². The van der Waals surface area contributed by atoms with Gasteiger partial charge in [0.2, 0.25) is 0 Å². The molecule has 0 heterocycles. The second-order valence-electron chi connectivity index (χ2n) is 4.94. The summed E-state index contributed by atoms with van der Waals surface area (Å²) in [5.41, 5.74) is 7.92. The summed E-state index contributed by atoms with van der Waals surface area (Å²) >= 11 is 0. The zero-order valence-corrected chi connectivity index (χ0v) is 12.6. The van der Waals surface area contributed by atoms with Gasteiger partial charge in [-0.25, -0.2) is 0 Å². The molecule has 2 N–H and O–H groups in total. The molecule has 0 aliphatic heterocycles. The number of nitrogens with two attached hydrogens (primary N) is 1. The smallest absolute Gasteiger partial charge is 0.161 e. The van der Waals surface area contributed by atoms with E-state index in [0.717, 1.165) is 35.8 Å². The molecule has 21 heavy (non-hydrogen) atoms. The van der Waals surface area contributed by atoms with Crippen molar-refractivity contribution in [1.82, 2.24) is 4.90 Å². The van der Waals surface area contributed by atoms with E-state index in [9.17, 15) is 0 Å². The van der Waals surface area contributed by atoms with E-state index in [0.29, 0.717) is 6.61 Å². The summed E-state index contributed by atoms with van der Waals surface area (Å²) in [6.45, 7) is 2.22. The molecular formula is C17H22N2O2. The van der Waals surface area contributed by atoms with E-state index >= 15 is 0 Å². The van der Waals surface area contributed by atoms with Crippen molar-refractivity contribution >= 4 is 5.69 Å². The number of methoxy groups -OCH3 is 1. The Morgan fingerprint density at radius 2 is 1.67 bits per heavy atom. The zero-order valence-electron chi connectivity index (χ0n) is 12.6. The third-order valence-electron chi connectivity index (χ3n) is 3.30. The van der Waals surface area contributed by atoms with Crippen molar-refractivity contribution in [2.24, 2.45) is 0 Å². The Morgan fingerprint density at radius 1 is 1.00 bits per heavy atom. The maximum absolute atomic E-state index is 5.95. The van der Waals surface area contributed by atoms with Gasteiger partial charge in [-0.15, -0.1) is 0 Å². The molecule has 0 aliphatic carbocycles. The predicted molar refractivity (Wildman–Crippen MR) is 85.7 cm³/mol. The number of likely N-dealkylation sites (N-methyl/N-ethyl adjacent to an activating group) is 1. The van der Waals surface area contributed by atoms with Gasteiger partial charge >= 0.3 is 0 Å². The molecule has 0 fully saturated rings. The number of para-hydroxylation sites is 3. The lowest BCUT2D eigenvalue weighted by molar-refractivity contribution is 0.226. The van der Waals surface area contributed by atoms with Crippen molar-refractivity contribution < 1.29 is 9.47 Å². The minimum Gasteiger partial charge on any atom is -0.493 e. The number of nitrogens with zero attached hydrogens (tertiary/aromatic N) is 1. The molecular weight excluding hydrogens is 264 g/mol. The molecule has 0 bridgehead atoms. The fourth-order valence-electron chi connectivity index (χ4n) is 2.10. The van der Waals surface area contributed by atoms with E-state index < -0.39 is 0 Å². The summed E-state index contributed by atoms with van der Waals surface area (Å²) in [6.07, 6.45) is 0. The van der Waals surface area contributed by atoms with Crippen LogP contribution in [0, 0.1) is 0 Å². The van der Waals surface area contributed by atoms with Gasteiger partial charge in [-0.05, 0) is 30.8 Å². The molecule has 0 radical (unpaired) electrons. The molecule has 112 valence electrons. The molecule has 0 aliphatic rings. The summed E-state index contributed by atoms with van der Waals surface area (Å²) in [5.74, 6) is 1.53. The van der Waals surface area contributed by atoms with Crippen molar-refractivity contribution in [3.63, 3.8) is 0 Å². The number of ether oxygens (including phenoxy) is 2. The summed E-state index contributed by atoms with van der Waals surface area (Å²) in [4.78, 5) is 2.18. The molecule has 0 amide bonds. The lowest BCUT2D eigenvalue weighted by Gasteiger charge is -2.18. The minimum absolute atomic E-state index is 0.601. The van der Waals surface area contributed by atoms with Crippen LogP contribution in [0.15, 0.2) is 48.5 Å². The topological polar surface area (TPSA) is 47.7 Å². The average Bonchev–Trinajstić information content (AvgIpc) is 2.50. The fourth-order valence-corrected chi connectivity index (χ4v) is 2.10. The molecule has 2 aromatic carbocycles. The van der Waals surface area contributed by atoms with Crippen LogP contribution in [-0.2, 0) is 6.54 Å². The Morgan fingerprint density at radius 3 is 2.38 bits per heavy atom. The van der Waals surface area contributed by atoms with Crippen LogP contribution in [0.2, 0.25) is 0 Å². The van der Waals surface area contributed by atoms with Crippen LogP contribution in [0.1, 0.15) is 5.56 Å². The van der Waals surface area contributed by atoms with Crippen LogP contribution < -0.4 is 15.2 Å². The third kappa shape index (κ3) is 4.39. The molecule has 0 aromatic heterocycles. The summed E-state index contributed by atoms with van der Waals surface area (Å²) in [5, 5.41) is 0. The highest BCUT2D eigenvalue weighted by Crippen LogP contribution is 2.25. The van der Waals surface area contributed by atoms with Gasteiger partial charge in [0.15, 0.2) is 11.5 Å². The summed E-state index contributed by atoms with van der Waals surface area (Å²) < 4.78 is 11.0. The first-order chi connectivity index (χ1) is 10.2. The second-order valence-corrected chi connectivity index (χ2v) is 4.94. The Bertz CT molecular complexity index is 572. The normalized spacial score (nSPS) is 10.6. The first kappa shape index (κ1) is 15.2. The Balaban J connectivity index is 1.82. The van der Waals surface area contributed by atoms with Gasteiger partial charge in [-0.1, -0.05) is 30.3 Å². The maximum Gasteiger partial charge on any atom is 0.161 e. The Kier molecular flexibility index (Phi) is 5.46. The average molecular weight is 286 g/mol. The minimum atomic E-state index is 0.601. The van der Waals surface area contributed by atoms with Crippen molar-refractivity contribution in [3.8, 4) is 11.5 Å². The lowest BCUT2D eigenvalue weighted by atomic mass is 10.2. The van der Waals surface area contributed by atoms with Crippen molar-refractivity contribution in [1.29, 1.82) is 0 Å². The molecule has 4 nitrogen and oxygen atoms in total. The van der Waals surface area contributed by atoms with Gasteiger partial charge < -0.3 is 15.2 Å². The van der Waals surface area contributed by atoms with E-state index in [1.54, 1.807) is 7.11 Å². The number of rotatable bonds is 7. The van der Waals surface area contributed by atoms with E-state index in [2.05, 4.69) is 11.9 Å². The van der Waals surface area contributed by atoms with Crippen LogP contribution in [0.3, 0.4) is 0 Å². The fraction of sp³-hybridized carbons (Fsp3) is 0.294. The number of benzene rings is 2. The largest absolute Gasteiger partial charge is 0.493 e. The third-order valence-corrected chi connectivity index (χ3v) is 3.30. The Hall–Kier alpha value is -2.20. The molecule has 2 rings (SSSR count). The second kappa shape index (κ2) is 7.55. The Labute approximate surface area is 126 Å². The maximum atomic E-state index is 5.95. The van der Waals surface area contributed by atoms with Crippen LogP contribution in [0.25, 0.3) is 0 Å². The molecule has 4 heteroatoms. The highest BCUT2D eigenvalue weighted by atomic mass is 16.5. The first-order valence-corrected chi connectivity index (χ1v) is 6.98. The van der Waals surface area contributed by atoms with E-state index in [1.165, 1.54) is 0 Å². The summed E-state index contributed by atoms with van der Waals surface area (Å²) in [6, 6.07) is 15.6. The lowest BCUT2D eigenvalue weighted by Crippen LogP contribution is -2.24. The highest BCUT2D eigenvalue weighted by molar-refractivity contribution is 5.46. The monoisotopic (exact) mass is 286 g/mol. The number of hydrogen-bond donors (Lipinski definition) is 1. The van der Waals surface area contributed by atoms with Crippen LogP contribution in [0.4, 0.5) is 5.69 Å². The first-order valence-electron chi connectivity index (χ1n) is 6.98. The van der Waals surface area contributed by atoms with E-state index in [-0.39, 0.29) is 0 Å². The molecule has 0 spiro atoms. The van der Waals surface area contributed by atoms with Crippen molar-refractivity contribution in [2.45, 2.75) is 6.54 Å². The SMILES string of the molecule is COc1ccccc1OCCN(C)Cc1ccccc1N. The van der Waals surface area contributed by atoms with Crippen molar-refractivity contribution in [3.05, 3.63) is 54.1 Å². The highest BCUT2D eigenvalue weighted by Gasteiger charge is 2.05. The molecule has 0 saturated carbocycles. The molecule has 2 aromatic rings. The van der Waals surface area contributed by atoms with Crippen LogP contribution >= 0.6 is 0 Å². The zero-order chi connectivity index (χ0) is 15.1. The van der Waals surface area contributed by atoms with Crippen molar-refractivity contribution in [2.75, 3.05) is 33.0 Å². The van der Waals surface area contributed by atoms with E-state index in [1.807, 2.05) is 48.5 Å². The van der Waals surface area contributed by atoms with Gasteiger partial charge in [0.1, 0.15) is 6.61 Å². The molecule has 0 unspecified atom stereocenters. The standard InChI is InChI=1S/C17H22N2O2/c1-19(13-14-7-3-4-8-15(14)18)11-12-21-17-10-6-5-9-16(17)20-2/h3-10H,11-13,18H2,1-2H3. The number of nitrogen functional groups attached to an aromatic ring is 1. The van der Waals surface area contributed by atoms with Gasteiger partial charge in [0.25, 0.3) is 0 Å². The van der Waals surface area contributed by atoms with Crippen LogP contribution in [-0.4, -0.2) is 32.2 Å². The predicted octanol–water partition coefficient (Wildman–Crippen LogP) is 2.79. The molecule has 0 atom stereocenters. The quantitative estimate of drug-likeness (QED) is 0.795. The molecule has 0 saturated heterocycles.